The number of likely N-dealkylation sites (tertiary alicyclic amines) is 1. The zero-order valence-corrected chi connectivity index (χ0v) is 14.6. The molecule has 4 heterocycles. The summed E-state index contributed by atoms with van der Waals surface area (Å²) in [7, 11) is 0. The molecule has 1 amide bonds. The zero-order chi connectivity index (χ0) is 17.9. The summed E-state index contributed by atoms with van der Waals surface area (Å²) in [6.45, 7) is 2.62. The fourth-order valence-corrected chi connectivity index (χ4v) is 3.27. The number of rotatable bonds is 3. The lowest BCUT2D eigenvalue weighted by molar-refractivity contribution is 0.0600. The van der Waals surface area contributed by atoms with E-state index < -0.39 is 0 Å². The van der Waals surface area contributed by atoms with Gasteiger partial charge in [0, 0.05) is 36.4 Å². The average molecular weight is 348 g/mol. The summed E-state index contributed by atoms with van der Waals surface area (Å²) >= 11 is 0. The number of carbonyl (C=O) groups is 1. The van der Waals surface area contributed by atoms with Crippen LogP contribution in [0.15, 0.2) is 42.9 Å². The van der Waals surface area contributed by atoms with E-state index in [0.717, 1.165) is 36.3 Å². The molecule has 1 atom stereocenters. The first kappa shape index (κ1) is 16.4. The van der Waals surface area contributed by atoms with Crippen molar-refractivity contribution in [3.05, 3.63) is 59.9 Å². The van der Waals surface area contributed by atoms with Gasteiger partial charge in [-0.1, -0.05) is 0 Å². The van der Waals surface area contributed by atoms with Gasteiger partial charge in [0.15, 0.2) is 5.82 Å². The Morgan fingerprint density at radius 3 is 2.81 bits per heavy atom. The van der Waals surface area contributed by atoms with E-state index in [4.69, 9.17) is 0 Å². The minimum absolute atomic E-state index is 0.0101. The van der Waals surface area contributed by atoms with E-state index in [1.54, 1.807) is 18.6 Å². The summed E-state index contributed by atoms with van der Waals surface area (Å²) in [6, 6.07) is 7.34. The SMILES string of the molecule is Cc1ccc(C(=O)N2CCCCC2c2nc(-c3ccncc3)n[nH]2)cn1. The quantitative estimate of drug-likeness (QED) is 0.786. The lowest BCUT2D eigenvalue weighted by Crippen LogP contribution is -2.39. The fourth-order valence-electron chi connectivity index (χ4n) is 3.27. The maximum absolute atomic E-state index is 13.0. The van der Waals surface area contributed by atoms with Crippen LogP contribution in [-0.2, 0) is 0 Å². The molecular weight excluding hydrogens is 328 g/mol. The number of piperidine rings is 1. The van der Waals surface area contributed by atoms with Gasteiger partial charge in [0.05, 0.1) is 11.6 Å². The Balaban J connectivity index is 1.61. The molecule has 3 aromatic rings. The highest BCUT2D eigenvalue weighted by Gasteiger charge is 2.31. The summed E-state index contributed by atoms with van der Waals surface area (Å²) in [5.41, 5.74) is 2.41. The van der Waals surface area contributed by atoms with Gasteiger partial charge in [0.1, 0.15) is 5.82 Å². The van der Waals surface area contributed by atoms with Gasteiger partial charge in [0.25, 0.3) is 5.91 Å². The minimum atomic E-state index is -0.0966. The van der Waals surface area contributed by atoms with E-state index in [2.05, 4.69) is 25.1 Å². The molecule has 0 bridgehead atoms. The first-order valence-electron chi connectivity index (χ1n) is 8.79. The van der Waals surface area contributed by atoms with Crippen LogP contribution in [0.25, 0.3) is 11.4 Å². The third-order valence-corrected chi connectivity index (χ3v) is 4.68. The van der Waals surface area contributed by atoms with Gasteiger partial charge in [-0.25, -0.2) is 4.98 Å². The number of hydrogen-bond acceptors (Lipinski definition) is 5. The topological polar surface area (TPSA) is 87.7 Å². The molecule has 26 heavy (non-hydrogen) atoms. The van der Waals surface area contributed by atoms with Crippen molar-refractivity contribution >= 4 is 5.91 Å². The molecule has 1 aliphatic heterocycles. The maximum Gasteiger partial charge on any atom is 0.256 e. The van der Waals surface area contributed by atoms with Crippen molar-refractivity contribution in [3.63, 3.8) is 0 Å². The molecule has 132 valence electrons. The number of nitrogens with zero attached hydrogens (tertiary/aromatic N) is 5. The highest BCUT2D eigenvalue weighted by atomic mass is 16.2. The van der Waals surface area contributed by atoms with E-state index in [-0.39, 0.29) is 11.9 Å². The smallest absolute Gasteiger partial charge is 0.256 e. The Bertz CT molecular complexity index is 890. The van der Waals surface area contributed by atoms with E-state index in [9.17, 15) is 4.79 Å². The molecule has 0 saturated carbocycles. The molecule has 3 aromatic heterocycles. The van der Waals surface area contributed by atoms with E-state index in [0.29, 0.717) is 17.9 Å². The average Bonchev–Trinajstić information content (AvgIpc) is 3.19. The third kappa shape index (κ3) is 3.20. The minimum Gasteiger partial charge on any atom is -0.328 e. The number of H-pyrrole nitrogens is 1. The standard InChI is InChI=1S/C19H20N6O/c1-13-5-6-15(12-21-13)19(26)25-11-3-2-4-16(25)18-22-17(23-24-18)14-7-9-20-10-8-14/h5-10,12,16H,2-4,11H2,1H3,(H,22,23,24). The van der Waals surface area contributed by atoms with Crippen molar-refractivity contribution in [2.75, 3.05) is 6.54 Å². The number of aryl methyl sites for hydroxylation is 1. The van der Waals surface area contributed by atoms with E-state index in [1.807, 2.05) is 36.1 Å². The predicted octanol–water partition coefficient (Wildman–Crippen LogP) is 2.94. The van der Waals surface area contributed by atoms with Crippen molar-refractivity contribution < 1.29 is 4.79 Å². The lowest BCUT2D eigenvalue weighted by atomic mass is 10.0. The number of aromatic nitrogens is 5. The van der Waals surface area contributed by atoms with Gasteiger partial charge in [0.2, 0.25) is 0 Å². The summed E-state index contributed by atoms with van der Waals surface area (Å²) in [6.07, 6.45) is 8.00. The van der Waals surface area contributed by atoms with E-state index in [1.165, 1.54) is 0 Å². The first-order valence-corrected chi connectivity index (χ1v) is 8.79. The zero-order valence-electron chi connectivity index (χ0n) is 14.6. The third-order valence-electron chi connectivity index (χ3n) is 4.68. The van der Waals surface area contributed by atoms with Gasteiger partial charge in [-0.2, -0.15) is 5.10 Å². The van der Waals surface area contributed by atoms with Crippen molar-refractivity contribution in [1.82, 2.24) is 30.0 Å². The van der Waals surface area contributed by atoms with Crippen LogP contribution in [0, 0.1) is 6.92 Å². The summed E-state index contributed by atoms with van der Waals surface area (Å²) < 4.78 is 0. The molecule has 7 heteroatoms. The summed E-state index contributed by atoms with van der Waals surface area (Å²) in [4.78, 5) is 27.8. The van der Waals surface area contributed by atoms with Crippen LogP contribution in [-0.4, -0.2) is 42.5 Å². The van der Waals surface area contributed by atoms with Crippen LogP contribution in [0.5, 0.6) is 0 Å². The summed E-state index contributed by atoms with van der Waals surface area (Å²) in [5.74, 6) is 1.34. The molecule has 1 N–H and O–H groups in total. The Morgan fingerprint density at radius 1 is 1.19 bits per heavy atom. The van der Waals surface area contributed by atoms with Crippen LogP contribution >= 0.6 is 0 Å². The Kier molecular flexibility index (Phi) is 4.43. The maximum atomic E-state index is 13.0. The second kappa shape index (κ2) is 7.03. The molecule has 1 fully saturated rings. The number of nitrogens with one attached hydrogen (secondary N) is 1. The monoisotopic (exact) mass is 348 g/mol. The van der Waals surface area contributed by atoms with Gasteiger partial charge < -0.3 is 4.90 Å². The molecule has 1 aliphatic rings. The van der Waals surface area contributed by atoms with Crippen molar-refractivity contribution in [2.45, 2.75) is 32.2 Å². The van der Waals surface area contributed by atoms with Crippen LogP contribution in [0.4, 0.5) is 0 Å². The second-order valence-electron chi connectivity index (χ2n) is 6.48. The highest BCUT2D eigenvalue weighted by Crippen LogP contribution is 2.31. The molecule has 7 nitrogen and oxygen atoms in total. The molecule has 1 unspecified atom stereocenters. The second-order valence-corrected chi connectivity index (χ2v) is 6.48. The van der Waals surface area contributed by atoms with Crippen molar-refractivity contribution in [1.29, 1.82) is 0 Å². The number of pyridine rings is 2. The molecule has 1 saturated heterocycles. The molecule has 0 spiro atoms. The Labute approximate surface area is 151 Å². The predicted molar refractivity (Wildman–Crippen MR) is 96.2 cm³/mol. The first-order chi connectivity index (χ1) is 12.7. The normalized spacial score (nSPS) is 17.3. The van der Waals surface area contributed by atoms with Crippen LogP contribution in [0.2, 0.25) is 0 Å². The van der Waals surface area contributed by atoms with Crippen LogP contribution in [0.3, 0.4) is 0 Å². The molecule has 4 rings (SSSR count). The summed E-state index contributed by atoms with van der Waals surface area (Å²) in [5, 5.41) is 7.35. The Hall–Kier alpha value is -3.09. The van der Waals surface area contributed by atoms with Crippen LogP contribution < -0.4 is 0 Å². The molecular formula is C19H20N6O. The fraction of sp³-hybridized carbons (Fsp3) is 0.316. The highest BCUT2D eigenvalue weighted by molar-refractivity contribution is 5.94. The number of amides is 1. The van der Waals surface area contributed by atoms with Gasteiger partial charge in [-0.15, -0.1) is 0 Å². The largest absolute Gasteiger partial charge is 0.328 e. The van der Waals surface area contributed by atoms with Crippen molar-refractivity contribution in [3.8, 4) is 11.4 Å². The number of hydrogen-bond donors (Lipinski definition) is 1. The van der Waals surface area contributed by atoms with Crippen LogP contribution in [0.1, 0.15) is 47.2 Å². The number of carbonyl (C=O) groups excluding carboxylic acids is 1. The van der Waals surface area contributed by atoms with Gasteiger partial charge >= 0.3 is 0 Å². The molecule has 0 aliphatic carbocycles. The molecule has 0 radical (unpaired) electrons. The van der Waals surface area contributed by atoms with E-state index >= 15 is 0 Å². The lowest BCUT2D eigenvalue weighted by Gasteiger charge is -2.34. The van der Waals surface area contributed by atoms with Crippen molar-refractivity contribution in [2.24, 2.45) is 0 Å². The number of aromatic amines is 1. The Morgan fingerprint density at radius 2 is 2.04 bits per heavy atom. The van der Waals surface area contributed by atoms with Gasteiger partial charge in [-0.05, 0) is 50.5 Å². The van der Waals surface area contributed by atoms with Gasteiger partial charge in [-0.3, -0.25) is 19.9 Å². The molecule has 0 aromatic carbocycles.